The molecule has 0 fully saturated rings. The lowest BCUT2D eigenvalue weighted by Crippen LogP contribution is -2.13. The topological polar surface area (TPSA) is 51.7 Å². The van der Waals surface area contributed by atoms with Gasteiger partial charge in [-0.1, -0.05) is 66.3 Å². The van der Waals surface area contributed by atoms with Gasteiger partial charge in [-0.05, 0) is 36.6 Å². The van der Waals surface area contributed by atoms with Crippen molar-refractivity contribution in [1.82, 2.24) is 10.1 Å². The van der Waals surface area contributed by atoms with Gasteiger partial charge in [0.1, 0.15) is 10.8 Å². The lowest BCUT2D eigenvalue weighted by molar-refractivity contribution is -0.133. The minimum atomic E-state index is -1.15. The van der Waals surface area contributed by atoms with E-state index in [0.717, 1.165) is 28.3 Å². The van der Waals surface area contributed by atoms with Crippen molar-refractivity contribution in [3.63, 3.8) is 0 Å². The summed E-state index contributed by atoms with van der Waals surface area (Å²) in [5.74, 6) is 0.646. The van der Waals surface area contributed by atoms with Gasteiger partial charge in [-0.3, -0.25) is 9.08 Å². The second kappa shape index (κ2) is 17.5. The second-order valence-electron chi connectivity index (χ2n) is 6.92. The van der Waals surface area contributed by atoms with Crippen molar-refractivity contribution in [3.8, 4) is 16.3 Å². The van der Waals surface area contributed by atoms with Crippen LogP contribution in [0.5, 0.6) is 5.75 Å². The van der Waals surface area contributed by atoms with E-state index in [2.05, 4.69) is 45.4 Å². The van der Waals surface area contributed by atoms with Crippen LogP contribution in [0.3, 0.4) is 0 Å². The number of aromatic nitrogens is 1. The summed E-state index contributed by atoms with van der Waals surface area (Å²) in [6.45, 7) is 6.47. The molecule has 3 aromatic rings. The molecule has 0 spiro atoms. The lowest BCUT2D eigenvalue weighted by Gasteiger charge is -2.14. The molecule has 0 aliphatic heterocycles. The van der Waals surface area contributed by atoms with Gasteiger partial charge in [0.2, 0.25) is 6.41 Å². The van der Waals surface area contributed by atoms with Crippen LogP contribution >= 0.6 is 46.4 Å². The monoisotopic (exact) mass is 562 g/mol. The fourth-order valence-electron chi connectivity index (χ4n) is 2.85. The summed E-state index contributed by atoms with van der Waals surface area (Å²) >= 11 is 18.0. The first kappa shape index (κ1) is 31.1. The highest BCUT2D eigenvalue weighted by molar-refractivity contribution is 7.15. The second-order valence-corrected chi connectivity index (χ2v) is 9.50. The lowest BCUT2D eigenvalue weighted by atomic mass is 10.1. The number of hydrogen-bond donors (Lipinski definition) is 0. The van der Waals surface area contributed by atoms with Crippen molar-refractivity contribution in [3.05, 3.63) is 70.7 Å². The van der Waals surface area contributed by atoms with Crippen molar-refractivity contribution in [2.24, 2.45) is 0 Å². The van der Waals surface area contributed by atoms with Crippen LogP contribution in [0.2, 0.25) is 0 Å². The molecule has 0 aliphatic carbocycles. The molecule has 1 amide bonds. The van der Waals surface area contributed by atoms with E-state index in [4.69, 9.17) is 27.9 Å². The van der Waals surface area contributed by atoms with Gasteiger partial charge in [-0.15, -0.1) is 22.9 Å². The number of rotatable bonds is 10. The summed E-state index contributed by atoms with van der Waals surface area (Å²) < 4.78 is 22.7. The molecule has 0 saturated heterocycles. The molecular formula is C25H30Cl3FN2O3S. The Labute approximate surface area is 225 Å². The van der Waals surface area contributed by atoms with E-state index in [0.29, 0.717) is 17.9 Å². The number of carbonyl (C=O) groups is 1. The molecule has 35 heavy (non-hydrogen) atoms. The zero-order chi connectivity index (χ0) is 26.2. The Kier molecular flexibility index (Phi) is 15.6. The number of benzene rings is 2. The Morgan fingerprint density at radius 3 is 2.26 bits per heavy atom. The number of carbonyl (C=O) groups excluding carboxylic acids is 1. The summed E-state index contributed by atoms with van der Waals surface area (Å²) in [6, 6.07) is 15.0. The van der Waals surface area contributed by atoms with Crippen LogP contribution in [-0.4, -0.2) is 35.6 Å². The summed E-state index contributed by atoms with van der Waals surface area (Å²) in [4.78, 5) is 16.1. The average molecular weight is 564 g/mol. The third-order valence-corrected chi connectivity index (χ3v) is 6.06. The van der Waals surface area contributed by atoms with E-state index in [1.807, 2.05) is 27.0 Å². The minimum absolute atomic E-state index is 0.0418. The zero-order valence-electron chi connectivity index (χ0n) is 20.1. The van der Waals surface area contributed by atoms with Gasteiger partial charge in [0.05, 0.1) is 25.6 Å². The van der Waals surface area contributed by atoms with E-state index in [1.165, 1.54) is 12.7 Å². The van der Waals surface area contributed by atoms with Gasteiger partial charge < -0.3 is 4.74 Å². The standard InChI is InChI=1S/C22H21Cl2FN2O2S.C2H6.CH3ClO/c1-15(23)12-16-2-4-18(5-3-16)22-26-13-20(30-22)10-11-29-19-8-6-17(7-9-19)21(24)27(25)14-28;1-2;1-3-2/h2-9,13-15,21H,10-12H2,1H3;1-2H3;1H3. The third kappa shape index (κ3) is 11.1. The van der Waals surface area contributed by atoms with Gasteiger partial charge >= 0.3 is 0 Å². The minimum Gasteiger partial charge on any atom is -0.493 e. The Balaban J connectivity index is 0.00000114. The van der Waals surface area contributed by atoms with Crippen LogP contribution in [0.25, 0.3) is 10.6 Å². The number of amides is 1. The third-order valence-electron chi connectivity index (χ3n) is 4.36. The van der Waals surface area contributed by atoms with Crippen molar-refractivity contribution in [1.29, 1.82) is 0 Å². The highest BCUT2D eigenvalue weighted by Gasteiger charge is 2.15. The van der Waals surface area contributed by atoms with Crippen LogP contribution < -0.4 is 4.74 Å². The van der Waals surface area contributed by atoms with E-state index < -0.39 is 5.50 Å². The molecule has 0 N–H and O–H groups in total. The van der Waals surface area contributed by atoms with E-state index in [-0.39, 0.29) is 16.9 Å². The van der Waals surface area contributed by atoms with Gasteiger partial charge in [-0.25, -0.2) is 4.98 Å². The molecule has 1 heterocycles. The average Bonchev–Trinajstić information content (AvgIpc) is 3.34. The first-order valence-corrected chi connectivity index (χ1v) is 13.0. The van der Waals surface area contributed by atoms with Gasteiger partial charge in [0.25, 0.3) is 0 Å². The van der Waals surface area contributed by atoms with Gasteiger partial charge in [0.15, 0.2) is 5.50 Å². The Morgan fingerprint density at radius 1 is 1.11 bits per heavy atom. The molecular weight excluding hydrogens is 534 g/mol. The number of hydrogen-bond acceptors (Lipinski definition) is 5. The van der Waals surface area contributed by atoms with Crippen molar-refractivity contribution >= 4 is 52.8 Å². The zero-order valence-corrected chi connectivity index (χ0v) is 23.2. The molecule has 0 radical (unpaired) electrons. The molecule has 0 saturated carbocycles. The number of halogens is 4. The molecule has 3 rings (SSSR count). The quantitative estimate of drug-likeness (QED) is 0.109. The number of thiazole rings is 1. The molecule has 2 aromatic carbocycles. The largest absolute Gasteiger partial charge is 0.493 e. The first-order valence-electron chi connectivity index (χ1n) is 11.0. The molecule has 2 atom stereocenters. The van der Waals surface area contributed by atoms with Crippen molar-refractivity contribution in [2.75, 3.05) is 13.7 Å². The molecule has 1 aromatic heterocycles. The highest BCUT2D eigenvalue weighted by Crippen LogP contribution is 2.28. The van der Waals surface area contributed by atoms with E-state index in [9.17, 15) is 9.28 Å². The molecule has 0 aliphatic rings. The normalized spacial score (nSPS) is 11.8. The SMILES string of the molecule is CC.CC(Cl)Cc1ccc(-c2ncc(CCOc3ccc(C(Cl)N(F)C=O)cc3)s2)cc1.COCl. The van der Waals surface area contributed by atoms with Gasteiger partial charge in [-0.2, -0.15) is 5.12 Å². The van der Waals surface area contributed by atoms with E-state index in [1.54, 1.807) is 35.6 Å². The molecule has 5 nitrogen and oxygen atoms in total. The molecule has 10 heteroatoms. The molecule has 192 valence electrons. The maximum absolute atomic E-state index is 13.2. The van der Waals surface area contributed by atoms with Crippen LogP contribution in [0.4, 0.5) is 4.48 Å². The van der Waals surface area contributed by atoms with Crippen LogP contribution in [0, 0.1) is 0 Å². The molecule has 2 unspecified atom stereocenters. The van der Waals surface area contributed by atoms with E-state index >= 15 is 0 Å². The number of nitrogens with zero attached hydrogens (tertiary/aromatic N) is 2. The maximum atomic E-state index is 13.2. The predicted octanol–water partition coefficient (Wildman–Crippen LogP) is 7.99. The maximum Gasteiger partial charge on any atom is 0.239 e. The highest BCUT2D eigenvalue weighted by atomic mass is 35.5. The predicted molar refractivity (Wildman–Crippen MR) is 144 cm³/mol. The smallest absolute Gasteiger partial charge is 0.239 e. The van der Waals surface area contributed by atoms with Crippen molar-refractivity contribution < 1.29 is 18.3 Å². The summed E-state index contributed by atoms with van der Waals surface area (Å²) in [7, 11) is 1.39. The summed E-state index contributed by atoms with van der Waals surface area (Å²) in [6.07, 6.45) is 3.48. The van der Waals surface area contributed by atoms with Crippen LogP contribution in [-0.2, 0) is 21.9 Å². The van der Waals surface area contributed by atoms with Crippen molar-refractivity contribution in [2.45, 2.75) is 44.5 Å². The fraction of sp³-hybridized carbons (Fsp3) is 0.360. The number of ether oxygens (including phenoxy) is 1. The Hall–Kier alpha value is -1.90. The van der Waals surface area contributed by atoms with Crippen LogP contribution in [0.15, 0.2) is 54.7 Å². The van der Waals surface area contributed by atoms with Crippen LogP contribution in [0.1, 0.15) is 42.3 Å². The fourth-order valence-corrected chi connectivity index (χ4v) is 4.12. The first-order chi connectivity index (χ1) is 16.9. The summed E-state index contributed by atoms with van der Waals surface area (Å²) in [5, 5.41) is 0.994. The Bertz CT molecular complexity index is 973. The number of alkyl halides is 2. The molecule has 0 bridgehead atoms. The summed E-state index contributed by atoms with van der Waals surface area (Å²) in [5.41, 5.74) is 1.61. The Morgan fingerprint density at radius 2 is 1.71 bits per heavy atom. The van der Waals surface area contributed by atoms with Gasteiger partial charge in [0, 0.05) is 28.4 Å².